The Kier molecular flexibility index (Phi) is 5.05. The number of nitrogens with zero attached hydrogens (tertiary/aromatic N) is 2. The molecule has 5 nitrogen and oxygen atoms in total. The van der Waals surface area contributed by atoms with Crippen molar-refractivity contribution in [2.45, 2.75) is 25.0 Å². The average Bonchev–Trinajstić information content (AvgIpc) is 3.11. The molecule has 29 heavy (non-hydrogen) atoms. The smallest absolute Gasteiger partial charge is 0.405 e. The summed E-state index contributed by atoms with van der Waals surface area (Å²) >= 11 is 0. The molecule has 2 N–H and O–H groups in total. The molecule has 5 heteroatoms. The van der Waals surface area contributed by atoms with Crippen molar-refractivity contribution in [1.29, 1.82) is 0 Å². The van der Waals surface area contributed by atoms with Crippen LogP contribution in [0.1, 0.15) is 23.1 Å². The molecular formula is C24H27N3O2. The van der Waals surface area contributed by atoms with E-state index < -0.39 is 11.7 Å². The van der Waals surface area contributed by atoms with Crippen LogP contribution in [-0.2, 0) is 23.3 Å². The van der Waals surface area contributed by atoms with Gasteiger partial charge in [-0.05, 0) is 41.8 Å². The zero-order valence-corrected chi connectivity index (χ0v) is 17.0. The van der Waals surface area contributed by atoms with Crippen molar-refractivity contribution in [3.05, 3.63) is 89.1 Å². The second-order valence-corrected chi connectivity index (χ2v) is 7.87. The maximum atomic E-state index is 11.7. The Hall–Kier alpha value is -3.21. The van der Waals surface area contributed by atoms with Gasteiger partial charge in [0.15, 0.2) is 5.60 Å². The first-order chi connectivity index (χ1) is 14.0. The van der Waals surface area contributed by atoms with E-state index >= 15 is 0 Å². The molecule has 0 saturated carbocycles. The van der Waals surface area contributed by atoms with Gasteiger partial charge in [-0.1, -0.05) is 42.5 Å². The van der Waals surface area contributed by atoms with Crippen molar-refractivity contribution in [2.75, 3.05) is 25.5 Å². The fraction of sp³-hybridized carbons (Fsp3) is 0.292. The zero-order chi connectivity index (χ0) is 20.4. The molecule has 1 amide bonds. The summed E-state index contributed by atoms with van der Waals surface area (Å²) in [5.74, 6) is 0. The quantitative estimate of drug-likeness (QED) is 0.841. The van der Waals surface area contributed by atoms with Gasteiger partial charge in [0, 0.05) is 50.6 Å². The van der Waals surface area contributed by atoms with Gasteiger partial charge < -0.3 is 20.3 Å². The number of rotatable bonds is 5. The standard InChI is InChI=1S/C24H27N3O2/c1-26(2)21-10-13-24(14-11-21,29-23(25)28)20-8-9-22-19(16-20)12-15-27(22)17-18-6-4-3-5-7-18/h3-11,13,16H,12,14-15,17H2,1-2H3,(H2,25,28). The van der Waals surface area contributed by atoms with Gasteiger partial charge in [-0.2, -0.15) is 0 Å². The predicted molar refractivity (Wildman–Crippen MR) is 116 cm³/mol. The van der Waals surface area contributed by atoms with Gasteiger partial charge in [0.2, 0.25) is 0 Å². The summed E-state index contributed by atoms with van der Waals surface area (Å²) in [4.78, 5) is 16.1. The van der Waals surface area contributed by atoms with Gasteiger partial charge >= 0.3 is 6.09 Å². The molecule has 0 bridgehead atoms. The lowest BCUT2D eigenvalue weighted by atomic mass is 9.85. The Morgan fingerprint density at radius 1 is 1.21 bits per heavy atom. The highest BCUT2D eigenvalue weighted by molar-refractivity contribution is 5.67. The monoisotopic (exact) mass is 389 g/mol. The van der Waals surface area contributed by atoms with E-state index in [1.165, 1.54) is 16.8 Å². The molecule has 2 aromatic carbocycles. The van der Waals surface area contributed by atoms with Gasteiger partial charge in [0.05, 0.1) is 0 Å². The average molecular weight is 389 g/mol. The molecule has 4 rings (SSSR count). The molecule has 1 aliphatic heterocycles. The molecule has 0 fully saturated rings. The van der Waals surface area contributed by atoms with E-state index in [1.807, 2.05) is 37.2 Å². The SMILES string of the molecule is CN(C)C1=CCC(OC(N)=O)(c2ccc3c(c2)CCN3Cc2ccccc2)C=C1. The first-order valence-corrected chi connectivity index (χ1v) is 9.94. The number of amides is 1. The molecular weight excluding hydrogens is 362 g/mol. The highest BCUT2D eigenvalue weighted by atomic mass is 16.6. The number of ether oxygens (including phenoxy) is 1. The fourth-order valence-corrected chi connectivity index (χ4v) is 4.17. The van der Waals surface area contributed by atoms with Crippen LogP contribution in [0.5, 0.6) is 0 Å². The molecule has 0 saturated heterocycles. The number of benzene rings is 2. The number of hydrogen-bond donors (Lipinski definition) is 1. The minimum Gasteiger partial charge on any atom is -0.434 e. The fourth-order valence-electron chi connectivity index (χ4n) is 4.17. The summed E-state index contributed by atoms with van der Waals surface area (Å²) in [5.41, 5.74) is 10.4. The van der Waals surface area contributed by atoms with Crippen molar-refractivity contribution in [3.63, 3.8) is 0 Å². The van der Waals surface area contributed by atoms with Gasteiger partial charge in [-0.25, -0.2) is 4.79 Å². The zero-order valence-electron chi connectivity index (χ0n) is 17.0. The number of hydrogen-bond acceptors (Lipinski definition) is 4. The van der Waals surface area contributed by atoms with Gasteiger partial charge in [0.25, 0.3) is 0 Å². The number of allylic oxidation sites excluding steroid dienone is 1. The molecule has 0 radical (unpaired) electrons. The second kappa shape index (κ2) is 7.66. The van der Waals surface area contributed by atoms with E-state index in [9.17, 15) is 4.79 Å². The highest BCUT2D eigenvalue weighted by Gasteiger charge is 2.36. The molecule has 1 heterocycles. The number of primary amides is 1. The first kappa shape index (κ1) is 19.1. The number of nitrogens with two attached hydrogens (primary N) is 1. The third-order valence-electron chi connectivity index (χ3n) is 5.71. The van der Waals surface area contributed by atoms with Crippen molar-refractivity contribution < 1.29 is 9.53 Å². The van der Waals surface area contributed by atoms with Crippen LogP contribution in [0.3, 0.4) is 0 Å². The van der Waals surface area contributed by atoms with Gasteiger partial charge in [-0.15, -0.1) is 0 Å². The lowest BCUT2D eigenvalue weighted by molar-refractivity contribution is 0.0518. The normalized spacial score (nSPS) is 20.2. The van der Waals surface area contributed by atoms with Crippen LogP contribution in [-0.4, -0.2) is 31.6 Å². The molecule has 1 aliphatic carbocycles. The van der Waals surface area contributed by atoms with Crippen LogP contribution in [0.25, 0.3) is 0 Å². The van der Waals surface area contributed by atoms with E-state index in [1.54, 1.807) is 0 Å². The molecule has 1 unspecified atom stereocenters. The Labute approximate surface area is 172 Å². The Balaban J connectivity index is 1.62. The number of carbonyl (C=O) groups is 1. The summed E-state index contributed by atoms with van der Waals surface area (Å²) in [6, 6.07) is 16.9. The van der Waals surface area contributed by atoms with E-state index in [2.05, 4.69) is 53.4 Å². The molecule has 1 atom stereocenters. The Morgan fingerprint density at radius 2 is 2.00 bits per heavy atom. The topological polar surface area (TPSA) is 58.8 Å². The summed E-state index contributed by atoms with van der Waals surface area (Å²) in [6.07, 6.45) is 6.80. The second-order valence-electron chi connectivity index (χ2n) is 7.87. The Bertz CT molecular complexity index is 965. The largest absolute Gasteiger partial charge is 0.434 e. The van der Waals surface area contributed by atoms with Gasteiger partial charge in [0.1, 0.15) is 0 Å². The maximum Gasteiger partial charge on any atom is 0.405 e. The van der Waals surface area contributed by atoms with E-state index in [0.717, 1.165) is 30.8 Å². The summed E-state index contributed by atoms with van der Waals surface area (Å²) in [7, 11) is 3.99. The third-order valence-corrected chi connectivity index (χ3v) is 5.71. The van der Waals surface area contributed by atoms with E-state index in [0.29, 0.717) is 6.42 Å². The number of anilines is 1. The molecule has 0 spiro atoms. The van der Waals surface area contributed by atoms with Crippen LogP contribution in [0.4, 0.5) is 10.5 Å². The third kappa shape index (κ3) is 3.86. The van der Waals surface area contributed by atoms with Crippen LogP contribution in [0.2, 0.25) is 0 Å². The summed E-state index contributed by atoms with van der Waals surface area (Å²) in [6.45, 7) is 1.88. The van der Waals surface area contributed by atoms with Gasteiger partial charge in [-0.3, -0.25) is 0 Å². The molecule has 2 aliphatic rings. The Morgan fingerprint density at radius 3 is 2.66 bits per heavy atom. The van der Waals surface area contributed by atoms with E-state index in [4.69, 9.17) is 10.5 Å². The maximum absolute atomic E-state index is 11.7. The predicted octanol–water partition coefficient (Wildman–Crippen LogP) is 3.95. The summed E-state index contributed by atoms with van der Waals surface area (Å²) < 4.78 is 5.65. The minimum atomic E-state index is -0.854. The van der Waals surface area contributed by atoms with E-state index in [-0.39, 0.29) is 0 Å². The van der Waals surface area contributed by atoms with Crippen molar-refractivity contribution in [1.82, 2.24) is 4.90 Å². The number of likely N-dealkylation sites (N-methyl/N-ethyl adjacent to an activating group) is 1. The van der Waals surface area contributed by atoms with Crippen LogP contribution in [0, 0.1) is 0 Å². The lowest BCUT2D eigenvalue weighted by Crippen LogP contribution is -2.34. The molecule has 2 aromatic rings. The molecule has 150 valence electrons. The molecule has 0 aromatic heterocycles. The van der Waals surface area contributed by atoms with Crippen LogP contribution in [0.15, 0.2) is 72.5 Å². The number of carbonyl (C=O) groups excluding carboxylic acids is 1. The minimum absolute atomic E-state index is 0.562. The number of fused-ring (bicyclic) bond motifs is 1. The highest BCUT2D eigenvalue weighted by Crippen LogP contribution is 2.39. The van der Waals surface area contributed by atoms with Crippen molar-refractivity contribution in [2.24, 2.45) is 5.73 Å². The van der Waals surface area contributed by atoms with Crippen LogP contribution >= 0.6 is 0 Å². The first-order valence-electron chi connectivity index (χ1n) is 9.94. The lowest BCUT2D eigenvalue weighted by Gasteiger charge is -2.33. The summed E-state index contributed by atoms with van der Waals surface area (Å²) in [5, 5.41) is 0. The van der Waals surface area contributed by atoms with Crippen molar-refractivity contribution in [3.8, 4) is 0 Å². The van der Waals surface area contributed by atoms with Crippen LogP contribution < -0.4 is 10.6 Å². The van der Waals surface area contributed by atoms with Crippen molar-refractivity contribution >= 4 is 11.8 Å².